The molecule has 0 aromatic carbocycles. The van der Waals surface area contributed by atoms with Crippen LogP contribution in [0.1, 0.15) is 78.6 Å². The fourth-order valence-electron chi connectivity index (χ4n) is 8.05. The molecular formula is C20H32O3. The minimum Gasteiger partial charge on any atom is -0.481 e. The molecule has 3 nitrogen and oxygen atoms in total. The van der Waals surface area contributed by atoms with Gasteiger partial charge in [0.05, 0.1) is 11.0 Å². The molecule has 0 aromatic rings. The summed E-state index contributed by atoms with van der Waals surface area (Å²) >= 11 is 0. The molecule has 4 rings (SSSR count). The third-order valence-corrected chi connectivity index (χ3v) is 8.98. The predicted molar refractivity (Wildman–Crippen MR) is 88.9 cm³/mol. The Morgan fingerprint density at radius 3 is 2.43 bits per heavy atom. The first-order valence-electron chi connectivity index (χ1n) is 9.60. The number of hydrogen-bond acceptors (Lipinski definition) is 2. The second kappa shape index (κ2) is 4.53. The van der Waals surface area contributed by atoms with Crippen LogP contribution < -0.4 is 0 Å². The van der Waals surface area contributed by atoms with E-state index in [4.69, 9.17) is 0 Å². The highest BCUT2D eigenvalue weighted by atomic mass is 16.4. The Hall–Kier alpha value is -0.570. The van der Waals surface area contributed by atoms with Crippen molar-refractivity contribution in [2.45, 2.75) is 84.2 Å². The molecule has 4 aliphatic carbocycles. The van der Waals surface area contributed by atoms with Gasteiger partial charge in [0.1, 0.15) is 0 Å². The topological polar surface area (TPSA) is 57.5 Å². The normalized spacial score (nSPS) is 58.3. The highest BCUT2D eigenvalue weighted by Crippen LogP contribution is 2.72. The molecule has 23 heavy (non-hydrogen) atoms. The summed E-state index contributed by atoms with van der Waals surface area (Å²) in [6.45, 7) is 6.45. The first-order valence-corrected chi connectivity index (χ1v) is 9.60. The van der Waals surface area contributed by atoms with Crippen molar-refractivity contribution in [1.82, 2.24) is 0 Å². The molecule has 0 amide bonds. The monoisotopic (exact) mass is 320 g/mol. The third kappa shape index (κ3) is 1.89. The number of carbonyl (C=O) groups is 1. The summed E-state index contributed by atoms with van der Waals surface area (Å²) < 4.78 is 0. The fourth-order valence-corrected chi connectivity index (χ4v) is 8.05. The molecule has 3 heteroatoms. The molecule has 0 saturated heterocycles. The van der Waals surface area contributed by atoms with Crippen LogP contribution in [0.5, 0.6) is 0 Å². The van der Waals surface area contributed by atoms with E-state index in [1.165, 1.54) is 19.3 Å². The first-order chi connectivity index (χ1) is 10.6. The van der Waals surface area contributed by atoms with Gasteiger partial charge >= 0.3 is 5.97 Å². The Bertz CT molecular complexity index is 541. The van der Waals surface area contributed by atoms with Crippen molar-refractivity contribution in [3.05, 3.63) is 0 Å². The Morgan fingerprint density at radius 1 is 1.00 bits per heavy atom. The summed E-state index contributed by atoms with van der Waals surface area (Å²) in [5.74, 6) is 0.793. The zero-order valence-corrected chi connectivity index (χ0v) is 14.9. The molecule has 0 aliphatic heterocycles. The summed E-state index contributed by atoms with van der Waals surface area (Å²) in [5.41, 5.74) is -0.612. The van der Waals surface area contributed by atoms with Gasteiger partial charge in [0.25, 0.3) is 0 Å². The van der Waals surface area contributed by atoms with E-state index < -0.39 is 17.0 Å². The minimum atomic E-state index is -0.587. The fraction of sp³-hybridized carbons (Fsp3) is 0.950. The number of carboxylic acid groups (broad SMARTS) is 1. The molecule has 130 valence electrons. The van der Waals surface area contributed by atoms with Crippen molar-refractivity contribution in [3.63, 3.8) is 0 Å². The Labute approximate surface area is 139 Å². The molecule has 0 heterocycles. The molecule has 4 saturated carbocycles. The summed E-state index contributed by atoms with van der Waals surface area (Å²) in [4.78, 5) is 12.1. The van der Waals surface area contributed by atoms with Gasteiger partial charge in [-0.05, 0) is 93.8 Å². The molecular weight excluding hydrogens is 288 g/mol. The van der Waals surface area contributed by atoms with Gasteiger partial charge in [0.15, 0.2) is 0 Å². The quantitative estimate of drug-likeness (QED) is 0.760. The van der Waals surface area contributed by atoms with E-state index in [1.54, 1.807) is 0 Å². The van der Waals surface area contributed by atoms with Crippen LogP contribution in [0.2, 0.25) is 0 Å². The zero-order valence-electron chi connectivity index (χ0n) is 14.9. The van der Waals surface area contributed by atoms with Crippen molar-refractivity contribution in [2.24, 2.45) is 34.0 Å². The van der Waals surface area contributed by atoms with Crippen molar-refractivity contribution < 1.29 is 15.0 Å². The molecule has 0 radical (unpaired) electrons. The number of carboxylic acids is 1. The molecule has 7 unspecified atom stereocenters. The molecule has 2 N–H and O–H groups in total. The average molecular weight is 320 g/mol. The number of hydrogen-bond donors (Lipinski definition) is 2. The maximum Gasteiger partial charge on any atom is 0.309 e. The van der Waals surface area contributed by atoms with Crippen LogP contribution in [-0.4, -0.2) is 21.8 Å². The smallest absolute Gasteiger partial charge is 0.309 e. The molecule has 1 spiro atoms. The van der Waals surface area contributed by atoms with Crippen LogP contribution in [0.4, 0.5) is 0 Å². The molecule has 4 fully saturated rings. The lowest BCUT2D eigenvalue weighted by Crippen LogP contribution is -2.58. The third-order valence-electron chi connectivity index (χ3n) is 8.98. The van der Waals surface area contributed by atoms with E-state index in [0.29, 0.717) is 17.8 Å². The van der Waals surface area contributed by atoms with Crippen LogP contribution in [0.3, 0.4) is 0 Å². The summed E-state index contributed by atoms with van der Waals surface area (Å²) in [6, 6.07) is 0. The standard InChI is InChI=1S/C20H32O3/c1-17-8-4-9-18(2,16(21)22)14(17)7-10-20-11-13(5-6-15(17)20)19(3,23)12-20/h13-15,23H,4-12H2,1-3H3,(H,21,22). The van der Waals surface area contributed by atoms with E-state index in [1.807, 2.05) is 13.8 Å². The van der Waals surface area contributed by atoms with Gasteiger partial charge in [-0.25, -0.2) is 0 Å². The number of fused-ring (bicyclic) bond motifs is 3. The second-order valence-electron chi connectivity index (χ2n) is 10.1. The average Bonchev–Trinajstić information content (AvgIpc) is 2.63. The van der Waals surface area contributed by atoms with Crippen LogP contribution in [-0.2, 0) is 4.79 Å². The van der Waals surface area contributed by atoms with Crippen molar-refractivity contribution in [1.29, 1.82) is 0 Å². The minimum absolute atomic E-state index is 0.148. The van der Waals surface area contributed by atoms with E-state index in [-0.39, 0.29) is 10.8 Å². The number of aliphatic hydroxyl groups is 1. The molecule has 4 aliphatic rings. The van der Waals surface area contributed by atoms with Gasteiger partial charge in [-0.3, -0.25) is 4.79 Å². The summed E-state index contributed by atoms with van der Waals surface area (Å²) in [7, 11) is 0. The van der Waals surface area contributed by atoms with Crippen molar-refractivity contribution >= 4 is 5.97 Å². The molecule has 0 aromatic heterocycles. The second-order valence-corrected chi connectivity index (χ2v) is 10.1. The highest BCUT2D eigenvalue weighted by Gasteiger charge is 2.67. The first kappa shape index (κ1) is 15.9. The van der Waals surface area contributed by atoms with Crippen molar-refractivity contribution in [3.8, 4) is 0 Å². The van der Waals surface area contributed by atoms with Gasteiger partial charge in [0.2, 0.25) is 0 Å². The summed E-state index contributed by atoms with van der Waals surface area (Å²) in [5, 5.41) is 20.8. The SMILES string of the molecule is CC1(O)CC23CCC4C(C)(C(=O)O)CCCC4(C)C2CCC1C3. The van der Waals surface area contributed by atoms with Crippen LogP contribution in [0.25, 0.3) is 0 Å². The summed E-state index contributed by atoms with van der Waals surface area (Å²) in [6.07, 6.45) is 9.68. The van der Waals surface area contributed by atoms with Crippen LogP contribution in [0.15, 0.2) is 0 Å². The van der Waals surface area contributed by atoms with E-state index in [9.17, 15) is 15.0 Å². The Kier molecular flexibility index (Phi) is 3.14. The lowest BCUT2D eigenvalue weighted by Gasteiger charge is -2.63. The van der Waals surface area contributed by atoms with E-state index in [2.05, 4.69) is 6.92 Å². The van der Waals surface area contributed by atoms with Crippen molar-refractivity contribution in [2.75, 3.05) is 0 Å². The Balaban J connectivity index is 1.74. The highest BCUT2D eigenvalue weighted by molar-refractivity contribution is 5.75. The largest absolute Gasteiger partial charge is 0.481 e. The number of aliphatic carboxylic acids is 1. The van der Waals surface area contributed by atoms with Gasteiger partial charge in [0, 0.05) is 0 Å². The van der Waals surface area contributed by atoms with Gasteiger partial charge in [-0.2, -0.15) is 0 Å². The van der Waals surface area contributed by atoms with Gasteiger partial charge in [-0.1, -0.05) is 13.3 Å². The van der Waals surface area contributed by atoms with Gasteiger partial charge < -0.3 is 10.2 Å². The Morgan fingerprint density at radius 2 is 1.74 bits per heavy atom. The molecule has 2 bridgehead atoms. The van der Waals surface area contributed by atoms with Crippen LogP contribution in [0, 0.1) is 34.0 Å². The zero-order chi connectivity index (χ0) is 16.7. The molecule has 7 atom stereocenters. The van der Waals surface area contributed by atoms with Crippen LogP contribution >= 0.6 is 0 Å². The lowest BCUT2D eigenvalue weighted by atomic mass is 9.41. The lowest BCUT2D eigenvalue weighted by molar-refractivity contribution is -0.181. The van der Waals surface area contributed by atoms with E-state index >= 15 is 0 Å². The maximum atomic E-state index is 12.1. The van der Waals surface area contributed by atoms with Gasteiger partial charge in [-0.15, -0.1) is 0 Å². The number of rotatable bonds is 1. The van der Waals surface area contributed by atoms with E-state index in [0.717, 1.165) is 38.5 Å². The predicted octanol–water partition coefficient (Wildman–Crippen LogP) is 4.23. The maximum absolute atomic E-state index is 12.1.